The lowest BCUT2D eigenvalue weighted by Gasteiger charge is -2.05. The minimum atomic E-state index is -3.41. The normalized spacial score (nSPS) is 12.0. The molecule has 1 aromatic carbocycles. The Hall–Kier alpha value is -1.77. The van der Waals surface area contributed by atoms with E-state index in [0.717, 1.165) is 17.8 Å². The summed E-state index contributed by atoms with van der Waals surface area (Å²) in [6, 6.07) is 4.15. The van der Waals surface area contributed by atoms with E-state index < -0.39 is 15.5 Å². The number of aromatic nitrogens is 2. The second-order valence-corrected chi connectivity index (χ2v) is 7.84. The summed E-state index contributed by atoms with van der Waals surface area (Å²) < 4.78 is 32.5. The molecule has 6 nitrogen and oxygen atoms in total. The first-order valence-corrected chi connectivity index (χ1v) is 9.09. The standard InChI is InChI=1S/C13H9ClN2O4S2/c1-6-10-12(21-16-6)15-11(20-13(10)17)8-5-7(22(2,18)19)3-4-9(8)14/h3-5H,1-2H3. The van der Waals surface area contributed by atoms with Gasteiger partial charge in [-0.2, -0.15) is 9.36 Å². The number of hydrogen-bond acceptors (Lipinski definition) is 7. The maximum Gasteiger partial charge on any atom is 0.349 e. The first-order chi connectivity index (χ1) is 10.3. The van der Waals surface area contributed by atoms with Crippen LogP contribution in [0, 0.1) is 6.92 Å². The SMILES string of the molecule is Cc1nsc2nc(-c3cc(S(C)(=O)=O)ccc3Cl)oc(=O)c12. The van der Waals surface area contributed by atoms with Crippen molar-refractivity contribution in [2.45, 2.75) is 11.8 Å². The van der Waals surface area contributed by atoms with Crippen LogP contribution in [-0.4, -0.2) is 24.0 Å². The Balaban J connectivity index is 2.30. The first-order valence-electron chi connectivity index (χ1n) is 6.04. The number of sulfone groups is 1. The van der Waals surface area contributed by atoms with Gasteiger partial charge in [0.1, 0.15) is 5.39 Å². The summed E-state index contributed by atoms with van der Waals surface area (Å²) in [7, 11) is -3.41. The molecule has 3 aromatic rings. The van der Waals surface area contributed by atoms with Crippen LogP contribution < -0.4 is 5.63 Å². The van der Waals surface area contributed by atoms with Crippen LogP contribution in [0.2, 0.25) is 5.02 Å². The molecule has 2 aromatic heterocycles. The highest BCUT2D eigenvalue weighted by Crippen LogP contribution is 2.30. The lowest BCUT2D eigenvalue weighted by molar-refractivity contribution is 0.518. The number of halogens is 1. The number of fused-ring (bicyclic) bond motifs is 1. The second kappa shape index (κ2) is 5.15. The fourth-order valence-corrected chi connectivity index (χ4v) is 3.54. The zero-order valence-electron chi connectivity index (χ0n) is 11.5. The van der Waals surface area contributed by atoms with Gasteiger partial charge in [0.05, 0.1) is 21.2 Å². The molecule has 0 unspecified atom stereocenters. The maximum absolute atomic E-state index is 12.0. The highest BCUT2D eigenvalue weighted by Gasteiger charge is 2.17. The topological polar surface area (TPSA) is 90.1 Å². The zero-order chi connectivity index (χ0) is 16.1. The van der Waals surface area contributed by atoms with E-state index in [-0.39, 0.29) is 21.4 Å². The molecule has 0 saturated heterocycles. The van der Waals surface area contributed by atoms with Crippen molar-refractivity contribution < 1.29 is 12.8 Å². The number of hydrogen-bond donors (Lipinski definition) is 0. The quantitative estimate of drug-likeness (QED) is 0.701. The first kappa shape index (κ1) is 15.1. The van der Waals surface area contributed by atoms with Crippen LogP contribution in [0.15, 0.2) is 32.3 Å². The molecule has 0 bridgehead atoms. The summed E-state index contributed by atoms with van der Waals surface area (Å²) >= 11 is 7.15. The predicted molar refractivity (Wildman–Crippen MR) is 84.2 cm³/mol. The largest absolute Gasteiger partial charge is 0.403 e. The molecule has 0 amide bonds. The van der Waals surface area contributed by atoms with Gasteiger partial charge in [-0.15, -0.1) is 0 Å². The molecule has 2 heterocycles. The molecule has 22 heavy (non-hydrogen) atoms. The van der Waals surface area contributed by atoms with Crippen LogP contribution in [0.25, 0.3) is 21.7 Å². The van der Waals surface area contributed by atoms with Crippen molar-refractivity contribution in [3.63, 3.8) is 0 Å². The minimum absolute atomic E-state index is 0.0309. The summed E-state index contributed by atoms with van der Waals surface area (Å²) in [5.41, 5.74) is 0.213. The molecule has 0 atom stereocenters. The van der Waals surface area contributed by atoms with Gasteiger partial charge < -0.3 is 4.42 Å². The van der Waals surface area contributed by atoms with E-state index in [1.807, 2.05) is 0 Å². The van der Waals surface area contributed by atoms with Crippen molar-refractivity contribution in [1.82, 2.24) is 9.36 Å². The average molecular weight is 357 g/mol. The third kappa shape index (κ3) is 2.53. The molecule has 3 rings (SSSR count). The van der Waals surface area contributed by atoms with Gasteiger partial charge in [-0.05, 0) is 36.7 Å². The van der Waals surface area contributed by atoms with E-state index in [1.165, 1.54) is 18.2 Å². The number of benzene rings is 1. The molecule has 9 heteroatoms. The molecule has 0 radical (unpaired) electrons. The fraction of sp³-hybridized carbons (Fsp3) is 0.154. The summed E-state index contributed by atoms with van der Waals surface area (Å²) in [4.78, 5) is 16.8. The van der Waals surface area contributed by atoms with E-state index >= 15 is 0 Å². The smallest absolute Gasteiger partial charge is 0.349 e. The van der Waals surface area contributed by atoms with Gasteiger partial charge in [-0.25, -0.2) is 13.2 Å². The average Bonchev–Trinajstić information content (AvgIpc) is 2.80. The highest BCUT2D eigenvalue weighted by atomic mass is 35.5. The van der Waals surface area contributed by atoms with Gasteiger partial charge in [0.15, 0.2) is 14.7 Å². The monoisotopic (exact) mass is 356 g/mol. The maximum atomic E-state index is 12.0. The van der Waals surface area contributed by atoms with Crippen molar-refractivity contribution in [2.24, 2.45) is 0 Å². The van der Waals surface area contributed by atoms with Crippen LogP contribution in [-0.2, 0) is 9.84 Å². The molecule has 114 valence electrons. The lowest BCUT2D eigenvalue weighted by Crippen LogP contribution is -2.03. The minimum Gasteiger partial charge on any atom is -0.403 e. The van der Waals surface area contributed by atoms with E-state index in [0.29, 0.717) is 15.9 Å². The van der Waals surface area contributed by atoms with Crippen LogP contribution in [0.4, 0.5) is 0 Å². The van der Waals surface area contributed by atoms with Gasteiger partial charge in [0, 0.05) is 6.26 Å². The lowest BCUT2D eigenvalue weighted by atomic mass is 10.2. The predicted octanol–water partition coefficient (Wildman–Crippen LogP) is 2.68. The van der Waals surface area contributed by atoms with Gasteiger partial charge in [0.2, 0.25) is 5.89 Å². The van der Waals surface area contributed by atoms with Crippen molar-refractivity contribution in [3.05, 3.63) is 39.3 Å². The number of nitrogens with zero attached hydrogens (tertiary/aromatic N) is 2. The Kier molecular flexibility index (Phi) is 3.54. The third-order valence-electron chi connectivity index (χ3n) is 3.04. The van der Waals surface area contributed by atoms with Gasteiger partial charge in [0.25, 0.3) is 0 Å². The van der Waals surface area contributed by atoms with Crippen molar-refractivity contribution in [2.75, 3.05) is 6.26 Å². The van der Waals surface area contributed by atoms with Crippen LogP contribution in [0.1, 0.15) is 5.69 Å². The highest BCUT2D eigenvalue weighted by molar-refractivity contribution is 7.90. The molecular weight excluding hydrogens is 348 g/mol. The summed E-state index contributed by atoms with van der Waals surface area (Å²) in [5.74, 6) is -0.0309. The van der Waals surface area contributed by atoms with E-state index in [2.05, 4.69) is 9.36 Å². The molecule has 0 aliphatic heterocycles. The van der Waals surface area contributed by atoms with E-state index in [1.54, 1.807) is 6.92 Å². The fourth-order valence-electron chi connectivity index (χ4n) is 1.94. The Morgan fingerprint density at radius 3 is 2.73 bits per heavy atom. The van der Waals surface area contributed by atoms with Crippen molar-refractivity contribution in [1.29, 1.82) is 0 Å². The van der Waals surface area contributed by atoms with Crippen LogP contribution in [0.5, 0.6) is 0 Å². The van der Waals surface area contributed by atoms with Crippen LogP contribution >= 0.6 is 23.1 Å². The molecule has 0 fully saturated rings. The van der Waals surface area contributed by atoms with E-state index in [9.17, 15) is 13.2 Å². The van der Waals surface area contributed by atoms with Gasteiger partial charge in [-0.1, -0.05) is 11.6 Å². The van der Waals surface area contributed by atoms with Crippen molar-refractivity contribution in [3.8, 4) is 11.5 Å². The van der Waals surface area contributed by atoms with E-state index in [4.69, 9.17) is 16.0 Å². The Morgan fingerprint density at radius 2 is 2.05 bits per heavy atom. The van der Waals surface area contributed by atoms with Crippen molar-refractivity contribution >= 4 is 43.2 Å². The summed E-state index contributed by atoms with van der Waals surface area (Å²) in [6.45, 7) is 1.69. The molecule has 0 N–H and O–H groups in total. The Bertz CT molecular complexity index is 1050. The van der Waals surface area contributed by atoms with Gasteiger partial charge in [-0.3, -0.25) is 0 Å². The molecular formula is C13H9ClN2O4S2. The van der Waals surface area contributed by atoms with Crippen LogP contribution in [0.3, 0.4) is 0 Å². The number of rotatable bonds is 2. The Labute approximate surface area is 134 Å². The third-order valence-corrected chi connectivity index (χ3v) is 5.31. The van der Waals surface area contributed by atoms with Gasteiger partial charge >= 0.3 is 5.63 Å². The summed E-state index contributed by atoms with van der Waals surface area (Å²) in [5, 5.41) is 0.563. The second-order valence-electron chi connectivity index (χ2n) is 4.67. The molecule has 0 saturated carbocycles. The molecule has 0 spiro atoms. The molecule has 0 aliphatic carbocycles. The summed E-state index contributed by atoms with van der Waals surface area (Å²) in [6.07, 6.45) is 1.08. The Morgan fingerprint density at radius 1 is 1.32 bits per heavy atom. The molecule has 0 aliphatic rings. The number of aryl methyl sites for hydroxylation is 1. The zero-order valence-corrected chi connectivity index (χ0v) is 13.8.